The molecule has 1 saturated heterocycles. The van der Waals surface area contributed by atoms with Gasteiger partial charge in [-0.15, -0.1) is 11.3 Å². The van der Waals surface area contributed by atoms with E-state index < -0.39 is 9.84 Å². The Morgan fingerprint density at radius 1 is 1.50 bits per heavy atom. The summed E-state index contributed by atoms with van der Waals surface area (Å²) in [7, 11) is -3.10. The van der Waals surface area contributed by atoms with Crippen LogP contribution in [0, 0.1) is 12.8 Å². The molecule has 1 aromatic heterocycles. The van der Waals surface area contributed by atoms with Gasteiger partial charge in [0.05, 0.1) is 10.6 Å². The molecule has 0 spiro atoms. The van der Waals surface area contributed by atoms with Gasteiger partial charge in [-0.3, -0.25) is 4.79 Å². The first kappa shape index (κ1) is 17.4. The van der Waals surface area contributed by atoms with Gasteiger partial charge in [0.15, 0.2) is 9.84 Å². The molecule has 5 nitrogen and oxygen atoms in total. The Balaban J connectivity index is 2.24. The Hall–Kier alpha value is -0.920. The van der Waals surface area contributed by atoms with Gasteiger partial charge < -0.3 is 10.6 Å². The Morgan fingerprint density at radius 3 is 2.77 bits per heavy atom. The second kappa shape index (κ2) is 6.68. The molecule has 0 saturated carbocycles. The second-order valence-electron chi connectivity index (χ2n) is 6.18. The lowest BCUT2D eigenvalue weighted by Gasteiger charge is -2.39. The number of rotatable bonds is 4. The summed E-state index contributed by atoms with van der Waals surface area (Å²) in [6, 6.07) is 1.80. The molecule has 1 fully saturated rings. The minimum absolute atomic E-state index is 0.0146. The van der Waals surface area contributed by atoms with Crippen molar-refractivity contribution in [3.05, 3.63) is 21.4 Å². The number of amides is 1. The number of aryl methyl sites for hydroxylation is 1. The highest BCUT2D eigenvalue weighted by Crippen LogP contribution is 2.29. The summed E-state index contributed by atoms with van der Waals surface area (Å²) in [5, 5.41) is 0. The summed E-state index contributed by atoms with van der Waals surface area (Å²) in [6.07, 6.45) is 3.29. The molecule has 124 valence electrons. The van der Waals surface area contributed by atoms with E-state index in [1.807, 2.05) is 11.8 Å². The third-order valence-electron chi connectivity index (χ3n) is 4.27. The number of nitrogens with zero attached hydrogens (tertiary/aromatic N) is 1. The fourth-order valence-electron chi connectivity index (χ4n) is 3.05. The van der Waals surface area contributed by atoms with Crippen LogP contribution in [0.1, 0.15) is 39.9 Å². The van der Waals surface area contributed by atoms with E-state index in [0.29, 0.717) is 17.3 Å². The van der Waals surface area contributed by atoms with E-state index in [2.05, 4.69) is 6.92 Å². The lowest BCUT2D eigenvalue weighted by molar-refractivity contribution is 0.0537. The van der Waals surface area contributed by atoms with Crippen molar-refractivity contribution in [2.75, 3.05) is 19.3 Å². The minimum atomic E-state index is -3.10. The van der Waals surface area contributed by atoms with Crippen molar-refractivity contribution in [3.8, 4) is 0 Å². The molecule has 1 aliphatic heterocycles. The van der Waals surface area contributed by atoms with Crippen molar-refractivity contribution in [1.29, 1.82) is 0 Å². The summed E-state index contributed by atoms with van der Waals surface area (Å²) in [5.74, 6) is 0.369. The van der Waals surface area contributed by atoms with Crippen molar-refractivity contribution in [2.24, 2.45) is 11.7 Å². The topological polar surface area (TPSA) is 80.5 Å². The van der Waals surface area contributed by atoms with Crippen molar-refractivity contribution >= 4 is 27.1 Å². The number of piperidine rings is 1. The van der Waals surface area contributed by atoms with Crippen molar-refractivity contribution < 1.29 is 13.2 Å². The first-order valence-corrected chi connectivity index (χ1v) is 10.4. The van der Waals surface area contributed by atoms with E-state index in [1.54, 1.807) is 6.07 Å². The van der Waals surface area contributed by atoms with Gasteiger partial charge in [-0.1, -0.05) is 6.92 Å². The zero-order valence-electron chi connectivity index (χ0n) is 13.3. The Labute approximate surface area is 136 Å². The molecule has 0 aliphatic carbocycles. The predicted octanol–water partition coefficient (Wildman–Crippen LogP) is 1.80. The third kappa shape index (κ3) is 3.88. The third-order valence-corrected chi connectivity index (χ3v) is 6.18. The summed E-state index contributed by atoms with van der Waals surface area (Å²) in [4.78, 5) is 16.1. The van der Waals surface area contributed by atoms with Crippen LogP contribution in [0.3, 0.4) is 0 Å². The van der Waals surface area contributed by atoms with Crippen LogP contribution in [0.4, 0.5) is 0 Å². The lowest BCUT2D eigenvalue weighted by atomic mass is 9.90. The van der Waals surface area contributed by atoms with Gasteiger partial charge in [-0.05, 0) is 37.3 Å². The van der Waals surface area contributed by atoms with Crippen molar-refractivity contribution in [2.45, 2.75) is 38.5 Å². The maximum Gasteiger partial charge on any atom is 0.264 e. The normalized spacial score (nSPS) is 22.8. The molecule has 2 atom stereocenters. The van der Waals surface area contributed by atoms with E-state index in [9.17, 15) is 13.2 Å². The number of carbonyl (C=O) groups is 1. The van der Waals surface area contributed by atoms with E-state index in [0.717, 1.165) is 29.8 Å². The van der Waals surface area contributed by atoms with Crippen molar-refractivity contribution in [3.63, 3.8) is 0 Å². The summed E-state index contributed by atoms with van der Waals surface area (Å²) in [6.45, 7) is 5.18. The van der Waals surface area contributed by atoms with Crippen LogP contribution in [0.5, 0.6) is 0 Å². The Bertz CT molecular complexity index is 652. The van der Waals surface area contributed by atoms with Crippen LogP contribution < -0.4 is 5.73 Å². The van der Waals surface area contributed by atoms with Gasteiger partial charge in [-0.25, -0.2) is 8.42 Å². The molecule has 1 amide bonds. The first-order chi connectivity index (χ1) is 10.2. The van der Waals surface area contributed by atoms with E-state index in [1.165, 1.54) is 17.6 Å². The van der Waals surface area contributed by atoms with Gasteiger partial charge >= 0.3 is 0 Å². The SMILES string of the molecule is Cc1sc(C(=O)N2CCC[C@@H](C)[C@@H]2CN)cc1CS(C)(=O)=O. The molecule has 1 aliphatic rings. The molecule has 7 heteroatoms. The first-order valence-electron chi connectivity index (χ1n) is 7.51. The summed E-state index contributed by atoms with van der Waals surface area (Å²) in [5.41, 5.74) is 6.58. The number of nitrogens with two attached hydrogens (primary N) is 1. The zero-order valence-corrected chi connectivity index (χ0v) is 15.0. The van der Waals surface area contributed by atoms with Crippen LogP contribution in [0.2, 0.25) is 0 Å². The van der Waals surface area contributed by atoms with E-state index in [4.69, 9.17) is 5.73 Å². The highest BCUT2D eigenvalue weighted by molar-refractivity contribution is 7.89. The van der Waals surface area contributed by atoms with Gasteiger partial charge in [-0.2, -0.15) is 0 Å². The maximum atomic E-state index is 12.8. The average Bonchev–Trinajstić information content (AvgIpc) is 2.77. The van der Waals surface area contributed by atoms with Gasteiger partial charge in [0.1, 0.15) is 0 Å². The minimum Gasteiger partial charge on any atom is -0.333 e. The summed E-state index contributed by atoms with van der Waals surface area (Å²) < 4.78 is 22.9. The standard InChI is InChI=1S/C15H24N2O3S2/c1-10-5-4-6-17(13(10)8-16)15(18)14-7-12(11(2)21-14)9-22(3,19)20/h7,10,13H,4-6,8-9,16H2,1-3H3/t10-,13+/m1/s1. The number of hydrogen-bond donors (Lipinski definition) is 1. The van der Waals surface area contributed by atoms with Crippen molar-refractivity contribution in [1.82, 2.24) is 4.90 Å². The van der Waals surface area contributed by atoms with Crippen LogP contribution in [0.15, 0.2) is 6.07 Å². The fraction of sp³-hybridized carbons (Fsp3) is 0.667. The lowest BCUT2D eigenvalue weighted by Crippen LogP contribution is -2.51. The number of sulfone groups is 1. The molecule has 0 aromatic carbocycles. The monoisotopic (exact) mass is 344 g/mol. The molecule has 22 heavy (non-hydrogen) atoms. The molecule has 0 bridgehead atoms. The van der Waals surface area contributed by atoms with Gasteiger partial charge in [0.25, 0.3) is 5.91 Å². The summed E-state index contributed by atoms with van der Waals surface area (Å²) >= 11 is 1.37. The van der Waals surface area contributed by atoms with Crippen LogP contribution in [-0.2, 0) is 15.6 Å². The van der Waals surface area contributed by atoms with E-state index >= 15 is 0 Å². The Morgan fingerprint density at radius 2 is 2.18 bits per heavy atom. The number of hydrogen-bond acceptors (Lipinski definition) is 5. The highest BCUT2D eigenvalue weighted by Gasteiger charge is 2.32. The predicted molar refractivity (Wildman–Crippen MR) is 89.9 cm³/mol. The highest BCUT2D eigenvalue weighted by atomic mass is 32.2. The smallest absolute Gasteiger partial charge is 0.264 e. The molecule has 2 heterocycles. The average molecular weight is 345 g/mol. The van der Waals surface area contributed by atoms with Gasteiger partial charge in [0.2, 0.25) is 0 Å². The number of thiophene rings is 1. The van der Waals surface area contributed by atoms with E-state index in [-0.39, 0.29) is 17.7 Å². The second-order valence-corrected chi connectivity index (χ2v) is 9.58. The van der Waals surface area contributed by atoms with Crippen LogP contribution >= 0.6 is 11.3 Å². The molecule has 0 unspecified atom stereocenters. The van der Waals surface area contributed by atoms with Gasteiger partial charge in [0, 0.05) is 30.3 Å². The molecule has 1 aromatic rings. The molecular weight excluding hydrogens is 320 g/mol. The van der Waals surface area contributed by atoms with Crippen LogP contribution in [0.25, 0.3) is 0 Å². The molecule has 2 rings (SSSR count). The molecule has 2 N–H and O–H groups in total. The quantitative estimate of drug-likeness (QED) is 0.903. The number of carbonyl (C=O) groups excluding carboxylic acids is 1. The largest absolute Gasteiger partial charge is 0.333 e. The zero-order chi connectivity index (χ0) is 16.5. The number of likely N-dealkylation sites (tertiary alicyclic amines) is 1. The Kier molecular flexibility index (Phi) is 5.29. The fourth-order valence-corrected chi connectivity index (χ4v) is 5.01. The molecule has 0 radical (unpaired) electrons. The van der Waals surface area contributed by atoms with Crippen LogP contribution in [-0.4, -0.2) is 44.6 Å². The molecular formula is C15H24N2O3S2. The maximum absolute atomic E-state index is 12.8.